The van der Waals surface area contributed by atoms with Gasteiger partial charge in [-0.2, -0.15) is 0 Å². The fourth-order valence-corrected chi connectivity index (χ4v) is 2.80. The molecule has 19 heavy (non-hydrogen) atoms. The third-order valence-electron chi connectivity index (χ3n) is 3.87. The van der Waals surface area contributed by atoms with Gasteiger partial charge in [-0.1, -0.05) is 6.92 Å². The number of nitrogen functional groups attached to an aromatic ring is 1. The molecule has 2 rings (SSSR count). The minimum Gasteiger partial charge on any atom is -0.399 e. The quantitative estimate of drug-likeness (QED) is 0.834. The number of hydrogen-bond acceptors (Lipinski definition) is 2. The molecule has 1 aliphatic heterocycles. The molecule has 1 aromatic rings. The topological polar surface area (TPSA) is 46.3 Å². The maximum absolute atomic E-state index is 14.1. The number of rotatable bonds is 2. The minimum absolute atomic E-state index is 0.109. The number of nitrogens with two attached hydrogens (primary N) is 1. The molecular formula is C15H21FN2O. The number of likely N-dealkylation sites (tertiary alicyclic amines) is 1. The highest BCUT2D eigenvalue weighted by molar-refractivity contribution is 5.96. The predicted octanol–water partition coefficient (Wildman–Crippen LogP) is 3.12. The standard InChI is InChI=1S/C15H21FN2O/c1-3-12-6-4-5-7-18(12)15(19)13-9-11(17)8-10(2)14(13)16/h8-9,12H,3-7,17H2,1-2H3. The Morgan fingerprint density at radius 1 is 1.47 bits per heavy atom. The first kappa shape index (κ1) is 13.8. The molecule has 3 nitrogen and oxygen atoms in total. The van der Waals surface area contributed by atoms with Gasteiger partial charge in [-0.15, -0.1) is 0 Å². The zero-order chi connectivity index (χ0) is 14.0. The molecular weight excluding hydrogens is 243 g/mol. The molecule has 1 heterocycles. The van der Waals surface area contributed by atoms with E-state index in [4.69, 9.17) is 5.73 Å². The van der Waals surface area contributed by atoms with Crippen molar-refractivity contribution < 1.29 is 9.18 Å². The van der Waals surface area contributed by atoms with Crippen LogP contribution >= 0.6 is 0 Å². The lowest BCUT2D eigenvalue weighted by atomic mass is 9.98. The lowest BCUT2D eigenvalue weighted by Gasteiger charge is -2.35. The first-order valence-corrected chi connectivity index (χ1v) is 6.91. The largest absolute Gasteiger partial charge is 0.399 e. The molecule has 0 spiro atoms. The molecule has 1 fully saturated rings. The molecule has 104 valence electrons. The summed E-state index contributed by atoms with van der Waals surface area (Å²) < 4.78 is 14.1. The summed E-state index contributed by atoms with van der Waals surface area (Å²) in [5.74, 6) is -0.668. The van der Waals surface area contributed by atoms with Crippen LogP contribution in [0.1, 0.15) is 48.5 Å². The molecule has 1 unspecified atom stereocenters. The van der Waals surface area contributed by atoms with Crippen LogP contribution in [0, 0.1) is 12.7 Å². The van der Waals surface area contributed by atoms with Crippen LogP contribution in [0.2, 0.25) is 0 Å². The van der Waals surface area contributed by atoms with Crippen molar-refractivity contribution in [2.45, 2.75) is 45.6 Å². The van der Waals surface area contributed by atoms with E-state index < -0.39 is 5.82 Å². The van der Waals surface area contributed by atoms with Crippen molar-refractivity contribution in [2.24, 2.45) is 0 Å². The van der Waals surface area contributed by atoms with Crippen LogP contribution in [-0.4, -0.2) is 23.4 Å². The normalized spacial score (nSPS) is 19.5. The first-order chi connectivity index (χ1) is 9.04. The highest BCUT2D eigenvalue weighted by atomic mass is 19.1. The molecule has 0 bridgehead atoms. The molecule has 0 saturated carbocycles. The SMILES string of the molecule is CCC1CCCCN1C(=O)c1cc(N)cc(C)c1F. The Morgan fingerprint density at radius 3 is 2.89 bits per heavy atom. The Kier molecular flexibility index (Phi) is 4.08. The number of carbonyl (C=O) groups excluding carboxylic acids is 1. The fourth-order valence-electron chi connectivity index (χ4n) is 2.80. The van der Waals surface area contributed by atoms with Crippen LogP contribution in [0.4, 0.5) is 10.1 Å². The monoisotopic (exact) mass is 264 g/mol. The zero-order valence-corrected chi connectivity index (χ0v) is 11.6. The average molecular weight is 264 g/mol. The Balaban J connectivity index is 2.33. The Hall–Kier alpha value is -1.58. The number of anilines is 1. The molecule has 1 aromatic carbocycles. The Labute approximate surface area is 113 Å². The van der Waals surface area contributed by atoms with Gasteiger partial charge in [0.2, 0.25) is 0 Å². The number of hydrogen-bond donors (Lipinski definition) is 1. The van der Waals surface area contributed by atoms with E-state index in [0.29, 0.717) is 17.8 Å². The van der Waals surface area contributed by atoms with Gasteiger partial charge in [0.15, 0.2) is 0 Å². The van der Waals surface area contributed by atoms with Crippen molar-refractivity contribution in [2.75, 3.05) is 12.3 Å². The third kappa shape index (κ3) is 2.72. The molecule has 1 amide bonds. The number of amides is 1. The van der Waals surface area contributed by atoms with E-state index in [9.17, 15) is 9.18 Å². The maximum atomic E-state index is 14.1. The second-order valence-electron chi connectivity index (χ2n) is 5.26. The van der Waals surface area contributed by atoms with Gasteiger partial charge in [0.1, 0.15) is 5.82 Å². The van der Waals surface area contributed by atoms with Gasteiger partial charge in [0.05, 0.1) is 5.56 Å². The molecule has 2 N–H and O–H groups in total. The highest BCUT2D eigenvalue weighted by Crippen LogP contribution is 2.24. The van der Waals surface area contributed by atoms with Crippen molar-refractivity contribution in [1.82, 2.24) is 4.90 Å². The van der Waals surface area contributed by atoms with Gasteiger partial charge < -0.3 is 10.6 Å². The van der Waals surface area contributed by atoms with Gasteiger partial charge in [-0.3, -0.25) is 4.79 Å². The zero-order valence-electron chi connectivity index (χ0n) is 11.6. The first-order valence-electron chi connectivity index (χ1n) is 6.91. The van der Waals surface area contributed by atoms with Crippen molar-refractivity contribution in [3.63, 3.8) is 0 Å². The number of carbonyl (C=O) groups is 1. The average Bonchev–Trinajstić information content (AvgIpc) is 2.42. The Morgan fingerprint density at radius 2 is 2.21 bits per heavy atom. The number of halogens is 1. The van der Waals surface area contributed by atoms with Crippen molar-refractivity contribution in [3.05, 3.63) is 29.1 Å². The molecule has 0 radical (unpaired) electrons. The van der Waals surface area contributed by atoms with Crippen LogP contribution in [-0.2, 0) is 0 Å². The number of benzene rings is 1. The van der Waals surface area contributed by atoms with E-state index in [1.54, 1.807) is 17.9 Å². The van der Waals surface area contributed by atoms with Crippen LogP contribution in [0.5, 0.6) is 0 Å². The molecule has 0 aromatic heterocycles. The second kappa shape index (κ2) is 5.59. The summed E-state index contributed by atoms with van der Waals surface area (Å²) in [6.07, 6.45) is 4.05. The van der Waals surface area contributed by atoms with E-state index in [2.05, 4.69) is 6.92 Å². The smallest absolute Gasteiger partial charge is 0.257 e. The number of aryl methyl sites for hydroxylation is 1. The van der Waals surface area contributed by atoms with Gasteiger partial charge in [0.25, 0.3) is 5.91 Å². The lowest BCUT2D eigenvalue weighted by Crippen LogP contribution is -2.43. The van der Waals surface area contributed by atoms with E-state index in [0.717, 1.165) is 25.7 Å². The molecule has 0 aliphatic carbocycles. The summed E-state index contributed by atoms with van der Waals surface area (Å²) in [5, 5.41) is 0. The summed E-state index contributed by atoms with van der Waals surface area (Å²) in [6, 6.07) is 3.23. The van der Waals surface area contributed by atoms with E-state index in [1.807, 2.05) is 0 Å². The van der Waals surface area contributed by atoms with Crippen molar-refractivity contribution in [3.8, 4) is 0 Å². The highest BCUT2D eigenvalue weighted by Gasteiger charge is 2.28. The van der Waals surface area contributed by atoms with Crippen LogP contribution in [0.15, 0.2) is 12.1 Å². The predicted molar refractivity (Wildman–Crippen MR) is 74.5 cm³/mol. The van der Waals surface area contributed by atoms with E-state index in [-0.39, 0.29) is 17.5 Å². The molecule has 1 aliphatic rings. The number of piperidine rings is 1. The summed E-state index contributed by atoms with van der Waals surface area (Å²) >= 11 is 0. The maximum Gasteiger partial charge on any atom is 0.257 e. The van der Waals surface area contributed by atoms with Crippen LogP contribution < -0.4 is 5.73 Å². The van der Waals surface area contributed by atoms with Gasteiger partial charge in [0, 0.05) is 18.3 Å². The van der Waals surface area contributed by atoms with E-state index in [1.165, 1.54) is 6.07 Å². The van der Waals surface area contributed by atoms with Gasteiger partial charge in [-0.05, 0) is 50.3 Å². The molecule has 1 saturated heterocycles. The summed E-state index contributed by atoms with van der Waals surface area (Å²) in [5.41, 5.74) is 6.70. The second-order valence-corrected chi connectivity index (χ2v) is 5.26. The summed E-state index contributed by atoms with van der Waals surface area (Å²) in [7, 11) is 0. The van der Waals surface area contributed by atoms with Gasteiger partial charge in [-0.25, -0.2) is 4.39 Å². The molecule has 1 atom stereocenters. The third-order valence-corrected chi connectivity index (χ3v) is 3.87. The number of nitrogens with zero attached hydrogens (tertiary/aromatic N) is 1. The lowest BCUT2D eigenvalue weighted by molar-refractivity contribution is 0.0603. The Bertz CT molecular complexity index is 487. The van der Waals surface area contributed by atoms with Gasteiger partial charge >= 0.3 is 0 Å². The van der Waals surface area contributed by atoms with Crippen molar-refractivity contribution >= 4 is 11.6 Å². The molecule has 4 heteroatoms. The summed E-state index contributed by atoms with van der Waals surface area (Å²) in [4.78, 5) is 14.3. The minimum atomic E-state index is -0.445. The van der Waals surface area contributed by atoms with E-state index >= 15 is 0 Å². The van der Waals surface area contributed by atoms with Crippen LogP contribution in [0.25, 0.3) is 0 Å². The summed E-state index contributed by atoms with van der Waals surface area (Å²) in [6.45, 7) is 4.41. The van der Waals surface area contributed by atoms with Crippen molar-refractivity contribution in [1.29, 1.82) is 0 Å². The fraction of sp³-hybridized carbons (Fsp3) is 0.533. The van der Waals surface area contributed by atoms with Crippen LogP contribution in [0.3, 0.4) is 0 Å².